The van der Waals surface area contributed by atoms with Crippen LogP contribution in [0.4, 0.5) is 4.39 Å². The number of ketones is 1. The lowest BCUT2D eigenvalue weighted by Gasteiger charge is -2.08. The van der Waals surface area contributed by atoms with E-state index in [0.29, 0.717) is 11.3 Å². The SMILES string of the molecule is CCc1ccc(C(=O)COC(=O)c2cncn2-c2ccc(F)cc2)cc1. The summed E-state index contributed by atoms with van der Waals surface area (Å²) >= 11 is 0. The molecule has 132 valence electrons. The van der Waals surface area contributed by atoms with E-state index in [1.54, 1.807) is 12.1 Å². The van der Waals surface area contributed by atoms with E-state index in [9.17, 15) is 14.0 Å². The summed E-state index contributed by atoms with van der Waals surface area (Å²) in [6.45, 7) is 1.67. The van der Waals surface area contributed by atoms with Gasteiger partial charge in [-0.3, -0.25) is 9.36 Å². The van der Waals surface area contributed by atoms with E-state index < -0.39 is 5.97 Å². The zero-order chi connectivity index (χ0) is 18.5. The number of ether oxygens (including phenoxy) is 1. The molecule has 0 aliphatic carbocycles. The summed E-state index contributed by atoms with van der Waals surface area (Å²) in [6, 6.07) is 12.8. The number of aryl methyl sites for hydroxylation is 1. The van der Waals surface area contributed by atoms with E-state index >= 15 is 0 Å². The van der Waals surface area contributed by atoms with Crippen molar-refractivity contribution in [1.29, 1.82) is 0 Å². The van der Waals surface area contributed by atoms with Gasteiger partial charge in [-0.05, 0) is 36.2 Å². The number of hydrogen-bond acceptors (Lipinski definition) is 4. The molecular weight excluding hydrogens is 335 g/mol. The van der Waals surface area contributed by atoms with Crippen LogP contribution in [-0.4, -0.2) is 27.9 Å². The van der Waals surface area contributed by atoms with Crippen LogP contribution >= 0.6 is 0 Å². The third kappa shape index (κ3) is 3.85. The zero-order valence-electron chi connectivity index (χ0n) is 14.2. The molecule has 5 nitrogen and oxygen atoms in total. The summed E-state index contributed by atoms with van der Waals surface area (Å²) in [6.07, 6.45) is 3.65. The van der Waals surface area contributed by atoms with Gasteiger partial charge in [-0.2, -0.15) is 0 Å². The van der Waals surface area contributed by atoms with E-state index in [-0.39, 0.29) is 23.9 Å². The summed E-state index contributed by atoms with van der Waals surface area (Å²) < 4.78 is 19.6. The number of Topliss-reactive ketones (excluding diaryl/α,β-unsaturated/α-hetero) is 1. The lowest BCUT2D eigenvalue weighted by Crippen LogP contribution is -2.16. The molecule has 0 fully saturated rings. The van der Waals surface area contributed by atoms with Crippen molar-refractivity contribution in [3.8, 4) is 5.69 Å². The summed E-state index contributed by atoms with van der Waals surface area (Å²) in [4.78, 5) is 28.4. The second kappa shape index (κ2) is 7.74. The molecule has 0 bridgehead atoms. The van der Waals surface area contributed by atoms with Crippen LogP contribution in [0.5, 0.6) is 0 Å². The number of esters is 1. The molecule has 0 spiro atoms. The van der Waals surface area contributed by atoms with Gasteiger partial charge in [0, 0.05) is 11.3 Å². The molecule has 0 aliphatic rings. The third-order valence-corrected chi connectivity index (χ3v) is 3.97. The fourth-order valence-electron chi connectivity index (χ4n) is 2.47. The minimum absolute atomic E-state index is 0.158. The minimum atomic E-state index is -0.676. The van der Waals surface area contributed by atoms with Crippen molar-refractivity contribution < 1.29 is 18.7 Å². The largest absolute Gasteiger partial charge is 0.453 e. The van der Waals surface area contributed by atoms with Crippen LogP contribution < -0.4 is 0 Å². The van der Waals surface area contributed by atoms with Crippen LogP contribution in [0.25, 0.3) is 5.69 Å². The molecule has 0 unspecified atom stereocenters. The van der Waals surface area contributed by atoms with E-state index in [2.05, 4.69) is 4.98 Å². The highest BCUT2D eigenvalue weighted by molar-refractivity contribution is 5.99. The molecule has 0 N–H and O–H groups in total. The molecule has 0 amide bonds. The highest BCUT2D eigenvalue weighted by atomic mass is 19.1. The molecule has 0 saturated heterocycles. The Morgan fingerprint density at radius 1 is 1.08 bits per heavy atom. The molecule has 0 saturated carbocycles. The first-order valence-corrected chi connectivity index (χ1v) is 8.16. The molecule has 6 heteroatoms. The van der Waals surface area contributed by atoms with Crippen molar-refractivity contribution in [2.45, 2.75) is 13.3 Å². The zero-order valence-corrected chi connectivity index (χ0v) is 14.2. The molecule has 3 aromatic rings. The highest BCUT2D eigenvalue weighted by Gasteiger charge is 2.17. The number of hydrogen-bond donors (Lipinski definition) is 0. The van der Waals surface area contributed by atoms with Crippen LogP contribution in [0.15, 0.2) is 61.1 Å². The molecule has 26 heavy (non-hydrogen) atoms. The van der Waals surface area contributed by atoms with E-state index in [1.165, 1.54) is 41.4 Å². The number of imidazole rings is 1. The Morgan fingerprint density at radius 2 is 1.77 bits per heavy atom. The van der Waals surface area contributed by atoms with Crippen molar-refractivity contribution in [2.24, 2.45) is 0 Å². The van der Waals surface area contributed by atoms with Gasteiger partial charge in [0.25, 0.3) is 0 Å². The number of benzene rings is 2. The average Bonchev–Trinajstić information content (AvgIpc) is 3.16. The number of rotatable bonds is 6. The lowest BCUT2D eigenvalue weighted by atomic mass is 10.1. The summed E-state index contributed by atoms with van der Waals surface area (Å²) in [5, 5.41) is 0. The van der Waals surface area contributed by atoms with Gasteiger partial charge in [-0.15, -0.1) is 0 Å². The molecule has 0 aliphatic heterocycles. The van der Waals surface area contributed by atoms with Gasteiger partial charge in [0.05, 0.1) is 12.5 Å². The average molecular weight is 352 g/mol. The van der Waals surface area contributed by atoms with E-state index in [4.69, 9.17) is 4.74 Å². The Morgan fingerprint density at radius 3 is 2.42 bits per heavy atom. The van der Waals surface area contributed by atoms with Gasteiger partial charge in [0.15, 0.2) is 18.1 Å². The second-order valence-electron chi connectivity index (χ2n) is 5.68. The van der Waals surface area contributed by atoms with Gasteiger partial charge in [0.1, 0.15) is 5.82 Å². The van der Waals surface area contributed by atoms with Crippen LogP contribution in [0, 0.1) is 5.82 Å². The molecule has 1 heterocycles. The Hall–Kier alpha value is -3.28. The van der Waals surface area contributed by atoms with Gasteiger partial charge in [0.2, 0.25) is 0 Å². The number of carbonyl (C=O) groups is 2. The Labute approximate surface area is 150 Å². The standard InChI is InChI=1S/C20H17FN2O3/c1-2-14-3-5-15(6-4-14)19(24)12-26-20(25)18-11-22-13-23(18)17-9-7-16(21)8-10-17/h3-11,13H,2,12H2,1H3. The third-order valence-electron chi connectivity index (χ3n) is 3.97. The Balaban J connectivity index is 1.68. The molecule has 1 aromatic heterocycles. The Kier molecular flexibility index (Phi) is 5.22. The maximum atomic E-state index is 13.1. The normalized spacial score (nSPS) is 10.5. The van der Waals surface area contributed by atoms with Crippen molar-refractivity contribution in [3.05, 3.63) is 83.7 Å². The topological polar surface area (TPSA) is 61.2 Å². The molecule has 0 atom stereocenters. The van der Waals surface area contributed by atoms with Gasteiger partial charge >= 0.3 is 5.97 Å². The second-order valence-corrected chi connectivity index (χ2v) is 5.68. The van der Waals surface area contributed by atoms with Gasteiger partial charge in [-0.1, -0.05) is 31.2 Å². The minimum Gasteiger partial charge on any atom is -0.453 e. The number of carbonyl (C=O) groups excluding carboxylic acids is 2. The maximum absolute atomic E-state index is 13.1. The van der Waals surface area contributed by atoms with Gasteiger partial charge < -0.3 is 4.74 Å². The lowest BCUT2D eigenvalue weighted by molar-refractivity contribution is 0.0467. The monoisotopic (exact) mass is 352 g/mol. The van der Waals surface area contributed by atoms with Crippen LogP contribution in [0.3, 0.4) is 0 Å². The fourth-order valence-corrected chi connectivity index (χ4v) is 2.47. The maximum Gasteiger partial charge on any atom is 0.357 e. The fraction of sp³-hybridized carbons (Fsp3) is 0.150. The van der Waals surface area contributed by atoms with Crippen molar-refractivity contribution >= 4 is 11.8 Å². The summed E-state index contributed by atoms with van der Waals surface area (Å²) in [5.41, 5.74) is 2.34. The van der Waals surface area contributed by atoms with Crippen molar-refractivity contribution in [2.75, 3.05) is 6.61 Å². The first-order chi connectivity index (χ1) is 12.6. The first kappa shape index (κ1) is 17.5. The van der Waals surface area contributed by atoms with Crippen LogP contribution in [-0.2, 0) is 11.2 Å². The van der Waals surface area contributed by atoms with Gasteiger partial charge in [-0.25, -0.2) is 14.2 Å². The number of nitrogens with zero attached hydrogens (tertiary/aromatic N) is 2. The van der Waals surface area contributed by atoms with Crippen molar-refractivity contribution in [1.82, 2.24) is 9.55 Å². The smallest absolute Gasteiger partial charge is 0.357 e. The van der Waals surface area contributed by atoms with E-state index in [0.717, 1.165) is 12.0 Å². The quantitative estimate of drug-likeness (QED) is 0.502. The summed E-state index contributed by atoms with van der Waals surface area (Å²) in [7, 11) is 0. The first-order valence-electron chi connectivity index (χ1n) is 8.16. The molecule has 3 rings (SSSR count). The van der Waals surface area contributed by atoms with E-state index in [1.807, 2.05) is 19.1 Å². The predicted octanol–water partition coefficient (Wildman–Crippen LogP) is 3.61. The number of aromatic nitrogens is 2. The van der Waals surface area contributed by atoms with Crippen LogP contribution in [0.2, 0.25) is 0 Å². The molecule has 2 aromatic carbocycles. The summed E-state index contributed by atoms with van der Waals surface area (Å²) in [5.74, 6) is -1.34. The molecule has 0 radical (unpaired) electrons. The van der Waals surface area contributed by atoms with Crippen molar-refractivity contribution in [3.63, 3.8) is 0 Å². The Bertz CT molecular complexity index is 915. The van der Waals surface area contributed by atoms with Crippen LogP contribution in [0.1, 0.15) is 33.3 Å². The number of halogens is 1. The molecular formula is C20H17FN2O3. The highest BCUT2D eigenvalue weighted by Crippen LogP contribution is 2.13. The predicted molar refractivity (Wildman–Crippen MR) is 94.0 cm³/mol.